The van der Waals surface area contributed by atoms with E-state index in [4.69, 9.17) is 0 Å². The minimum absolute atomic E-state index is 0.0555. The van der Waals surface area contributed by atoms with Crippen LogP contribution in [0.25, 0.3) is 0 Å². The van der Waals surface area contributed by atoms with E-state index in [9.17, 15) is 21.6 Å². The summed E-state index contributed by atoms with van der Waals surface area (Å²) in [6.45, 7) is 1.37. The average molecular weight is 437 g/mol. The zero-order valence-corrected chi connectivity index (χ0v) is 17.1. The van der Waals surface area contributed by atoms with Gasteiger partial charge >= 0.3 is 0 Å². The number of hydrogen-bond donors (Lipinski definition) is 2. The lowest BCUT2D eigenvalue weighted by atomic mass is 10.3. The fourth-order valence-electron chi connectivity index (χ4n) is 2.34. The number of benzene rings is 2. The zero-order chi connectivity index (χ0) is 20.4. The van der Waals surface area contributed by atoms with Crippen molar-refractivity contribution in [3.05, 3.63) is 66.7 Å². The molecule has 28 heavy (non-hydrogen) atoms. The molecule has 0 aliphatic rings. The minimum Gasteiger partial charge on any atom is -0.326 e. The van der Waals surface area contributed by atoms with E-state index in [-0.39, 0.29) is 24.9 Å². The second-order valence-electron chi connectivity index (χ2n) is 5.75. The van der Waals surface area contributed by atoms with Crippen LogP contribution in [0.5, 0.6) is 0 Å². The Morgan fingerprint density at radius 1 is 0.786 bits per heavy atom. The van der Waals surface area contributed by atoms with Gasteiger partial charge in [0.25, 0.3) is 10.0 Å². The van der Waals surface area contributed by atoms with Gasteiger partial charge in [0.15, 0.2) is 0 Å². The van der Waals surface area contributed by atoms with E-state index in [0.717, 1.165) is 0 Å². The number of amides is 1. The first-order chi connectivity index (χ1) is 13.2. The predicted octanol–water partition coefficient (Wildman–Crippen LogP) is 3.34. The lowest BCUT2D eigenvalue weighted by molar-refractivity contribution is -0.114. The highest BCUT2D eigenvalue weighted by Crippen LogP contribution is 2.31. The Balaban J connectivity index is 1.83. The van der Waals surface area contributed by atoms with E-state index < -0.39 is 19.9 Å². The van der Waals surface area contributed by atoms with E-state index in [1.165, 1.54) is 43.3 Å². The monoisotopic (exact) mass is 436 g/mol. The minimum atomic E-state index is -3.95. The number of sulfone groups is 1. The van der Waals surface area contributed by atoms with E-state index in [0.29, 0.717) is 17.0 Å². The van der Waals surface area contributed by atoms with Crippen LogP contribution in [0.3, 0.4) is 0 Å². The predicted molar refractivity (Wildman–Crippen MR) is 108 cm³/mol. The summed E-state index contributed by atoms with van der Waals surface area (Å²) in [4.78, 5) is 11.1. The molecule has 146 valence electrons. The Hall–Kier alpha value is -2.69. The zero-order valence-electron chi connectivity index (χ0n) is 14.6. The highest BCUT2D eigenvalue weighted by atomic mass is 32.3. The summed E-state index contributed by atoms with van der Waals surface area (Å²) in [5.41, 5.74) is 0.817. The van der Waals surface area contributed by atoms with Crippen molar-refractivity contribution < 1.29 is 21.6 Å². The van der Waals surface area contributed by atoms with Gasteiger partial charge < -0.3 is 5.32 Å². The third kappa shape index (κ3) is 4.41. The van der Waals surface area contributed by atoms with Gasteiger partial charge in [-0.05, 0) is 48.5 Å². The molecule has 7 nitrogen and oxygen atoms in total. The second-order valence-corrected chi connectivity index (χ2v) is 10.9. The summed E-state index contributed by atoms with van der Waals surface area (Å²) in [6, 6.07) is 16.5. The molecule has 0 spiro atoms. The molecule has 0 aliphatic carbocycles. The number of carbonyl (C=O) groups is 1. The van der Waals surface area contributed by atoms with Gasteiger partial charge in [-0.25, -0.2) is 16.8 Å². The Labute approximate surface area is 167 Å². The normalized spacial score (nSPS) is 11.8. The first-order valence-electron chi connectivity index (χ1n) is 7.99. The van der Waals surface area contributed by atoms with Crippen molar-refractivity contribution >= 4 is 48.5 Å². The molecule has 3 rings (SSSR count). The summed E-state index contributed by atoms with van der Waals surface area (Å²) in [5, 5.41) is 2.58. The Kier molecular flexibility index (Phi) is 5.54. The number of rotatable bonds is 6. The molecule has 0 aliphatic heterocycles. The number of carbonyl (C=O) groups excluding carboxylic acids is 1. The fourth-order valence-corrected chi connectivity index (χ4v) is 6.59. The van der Waals surface area contributed by atoms with Gasteiger partial charge in [0.1, 0.15) is 8.42 Å². The highest BCUT2D eigenvalue weighted by Gasteiger charge is 2.24. The molecule has 0 atom stereocenters. The Morgan fingerprint density at radius 2 is 1.36 bits per heavy atom. The van der Waals surface area contributed by atoms with Gasteiger partial charge in [-0.3, -0.25) is 9.52 Å². The van der Waals surface area contributed by atoms with Crippen molar-refractivity contribution in [3.63, 3.8) is 0 Å². The molecule has 10 heteroatoms. The smallest absolute Gasteiger partial charge is 0.271 e. The SMILES string of the molecule is CC(=O)Nc1ccc(NS(=O)(=O)c2ccc(S(=O)(=O)c3ccccc3)s2)cc1. The maximum absolute atomic E-state index is 12.6. The summed E-state index contributed by atoms with van der Waals surface area (Å²) in [6.07, 6.45) is 0. The third-order valence-corrected chi connectivity index (χ3v) is 8.82. The van der Waals surface area contributed by atoms with E-state index in [2.05, 4.69) is 10.0 Å². The Bertz CT molecular complexity index is 1200. The molecule has 0 saturated heterocycles. The molecule has 2 N–H and O–H groups in total. The highest BCUT2D eigenvalue weighted by molar-refractivity contribution is 7.96. The molecule has 0 fully saturated rings. The van der Waals surface area contributed by atoms with Crippen LogP contribution in [-0.2, 0) is 24.7 Å². The van der Waals surface area contributed by atoms with E-state index >= 15 is 0 Å². The standard InChI is InChI=1S/C18H16N2O5S3/c1-13(21)19-14-7-9-15(10-8-14)20-28(24,25)18-12-11-17(26-18)27(22,23)16-5-3-2-4-6-16/h2-12,20H,1H3,(H,19,21). The molecule has 0 saturated carbocycles. The summed E-state index contributed by atoms with van der Waals surface area (Å²) >= 11 is 0.677. The lowest BCUT2D eigenvalue weighted by Crippen LogP contribution is -2.11. The van der Waals surface area contributed by atoms with Crippen LogP contribution < -0.4 is 10.0 Å². The molecule has 0 radical (unpaired) electrons. The van der Waals surface area contributed by atoms with E-state index in [1.807, 2.05) is 0 Å². The number of thiophene rings is 1. The van der Waals surface area contributed by atoms with Crippen molar-refractivity contribution in [1.29, 1.82) is 0 Å². The van der Waals surface area contributed by atoms with Crippen molar-refractivity contribution in [2.75, 3.05) is 10.0 Å². The lowest BCUT2D eigenvalue weighted by Gasteiger charge is -2.07. The van der Waals surface area contributed by atoms with Crippen LogP contribution in [0.2, 0.25) is 0 Å². The topological polar surface area (TPSA) is 109 Å². The van der Waals surface area contributed by atoms with Crippen molar-refractivity contribution in [3.8, 4) is 0 Å². The molecular formula is C18H16N2O5S3. The quantitative estimate of drug-likeness (QED) is 0.616. The molecule has 1 aromatic heterocycles. The number of nitrogens with one attached hydrogen (secondary N) is 2. The van der Waals surface area contributed by atoms with Gasteiger partial charge in [0.05, 0.1) is 4.90 Å². The van der Waals surface area contributed by atoms with Crippen LogP contribution in [-0.4, -0.2) is 22.7 Å². The fraction of sp³-hybridized carbons (Fsp3) is 0.0556. The van der Waals surface area contributed by atoms with Crippen LogP contribution in [0.4, 0.5) is 11.4 Å². The van der Waals surface area contributed by atoms with Crippen molar-refractivity contribution in [1.82, 2.24) is 0 Å². The van der Waals surface area contributed by atoms with Gasteiger partial charge in [0.2, 0.25) is 15.7 Å². The molecule has 3 aromatic rings. The summed E-state index contributed by atoms with van der Waals surface area (Å²) < 4.78 is 52.6. The van der Waals surface area contributed by atoms with Crippen LogP contribution in [0, 0.1) is 0 Å². The molecule has 1 heterocycles. The molecule has 2 aromatic carbocycles. The van der Waals surface area contributed by atoms with E-state index in [1.54, 1.807) is 30.3 Å². The summed E-state index contributed by atoms with van der Waals surface area (Å²) in [7, 11) is -7.74. The second kappa shape index (κ2) is 7.74. The first kappa shape index (κ1) is 20.1. The number of anilines is 2. The van der Waals surface area contributed by atoms with Crippen molar-refractivity contribution in [2.24, 2.45) is 0 Å². The third-order valence-electron chi connectivity index (χ3n) is 3.60. The van der Waals surface area contributed by atoms with Gasteiger partial charge in [-0.15, -0.1) is 11.3 Å². The van der Waals surface area contributed by atoms with Crippen LogP contribution in [0.1, 0.15) is 6.92 Å². The Morgan fingerprint density at radius 3 is 1.96 bits per heavy atom. The van der Waals surface area contributed by atoms with Gasteiger partial charge in [0, 0.05) is 18.3 Å². The number of hydrogen-bond acceptors (Lipinski definition) is 6. The van der Waals surface area contributed by atoms with Crippen LogP contribution >= 0.6 is 11.3 Å². The molecule has 1 amide bonds. The van der Waals surface area contributed by atoms with Gasteiger partial charge in [-0.1, -0.05) is 18.2 Å². The maximum Gasteiger partial charge on any atom is 0.271 e. The first-order valence-corrected chi connectivity index (χ1v) is 11.8. The average Bonchev–Trinajstić information content (AvgIpc) is 3.15. The molecule has 0 bridgehead atoms. The maximum atomic E-state index is 12.6. The van der Waals surface area contributed by atoms with Crippen molar-refractivity contribution in [2.45, 2.75) is 20.2 Å². The molecule has 0 unspecified atom stereocenters. The molecular weight excluding hydrogens is 420 g/mol. The summed E-state index contributed by atoms with van der Waals surface area (Å²) in [5.74, 6) is -0.237. The van der Waals surface area contributed by atoms with Gasteiger partial charge in [-0.2, -0.15) is 0 Å². The largest absolute Gasteiger partial charge is 0.326 e. The van der Waals surface area contributed by atoms with Crippen LogP contribution in [0.15, 0.2) is 80.0 Å². The number of sulfonamides is 1.